The fourth-order valence-corrected chi connectivity index (χ4v) is 3.25. The second kappa shape index (κ2) is 6.97. The van der Waals surface area contributed by atoms with Crippen molar-refractivity contribution in [1.29, 1.82) is 0 Å². The van der Waals surface area contributed by atoms with E-state index in [1.165, 1.54) is 0 Å². The van der Waals surface area contributed by atoms with Gasteiger partial charge in [0, 0.05) is 42.3 Å². The average Bonchev–Trinajstić information content (AvgIpc) is 2.62. The van der Waals surface area contributed by atoms with Crippen LogP contribution in [0.25, 0.3) is 11.3 Å². The number of nitrogens with two attached hydrogens (primary N) is 1. The molecular formula is C18H22N4O2. The maximum absolute atomic E-state index is 12.8. The molecule has 0 spiro atoms. The van der Waals surface area contributed by atoms with E-state index >= 15 is 0 Å². The van der Waals surface area contributed by atoms with E-state index in [4.69, 9.17) is 5.73 Å². The summed E-state index contributed by atoms with van der Waals surface area (Å²) < 4.78 is 0. The molecule has 0 aromatic carbocycles. The Kier molecular flexibility index (Phi) is 4.76. The molecule has 0 saturated carbocycles. The van der Waals surface area contributed by atoms with Gasteiger partial charge in [0.15, 0.2) is 0 Å². The van der Waals surface area contributed by atoms with E-state index in [2.05, 4.69) is 9.97 Å². The Morgan fingerprint density at radius 1 is 1.29 bits per heavy atom. The van der Waals surface area contributed by atoms with E-state index in [0.29, 0.717) is 12.2 Å². The molecule has 2 atom stereocenters. The summed E-state index contributed by atoms with van der Waals surface area (Å²) in [5.41, 5.74) is 7.34. The van der Waals surface area contributed by atoms with Gasteiger partial charge in [-0.2, -0.15) is 0 Å². The lowest BCUT2D eigenvalue weighted by Gasteiger charge is -2.38. The van der Waals surface area contributed by atoms with Crippen LogP contribution < -0.4 is 11.3 Å². The lowest BCUT2D eigenvalue weighted by Crippen LogP contribution is -2.52. The highest BCUT2D eigenvalue weighted by Gasteiger charge is 2.30. The summed E-state index contributed by atoms with van der Waals surface area (Å²) in [5, 5.41) is 0. The van der Waals surface area contributed by atoms with Gasteiger partial charge in [-0.15, -0.1) is 0 Å². The minimum atomic E-state index is -0.372. The second-order valence-corrected chi connectivity index (χ2v) is 6.27. The Hall–Kier alpha value is -2.47. The summed E-state index contributed by atoms with van der Waals surface area (Å²) >= 11 is 0. The molecule has 0 bridgehead atoms. The predicted octanol–water partition coefficient (Wildman–Crippen LogP) is 1.78. The van der Waals surface area contributed by atoms with Gasteiger partial charge in [-0.25, -0.2) is 0 Å². The Morgan fingerprint density at radius 3 is 2.71 bits per heavy atom. The highest BCUT2D eigenvalue weighted by molar-refractivity contribution is 5.94. The number of hydrogen-bond donors (Lipinski definition) is 2. The molecule has 126 valence electrons. The van der Waals surface area contributed by atoms with Crippen LogP contribution in [0.1, 0.15) is 36.5 Å². The zero-order chi connectivity index (χ0) is 17.1. The van der Waals surface area contributed by atoms with E-state index in [1.807, 2.05) is 19.1 Å². The van der Waals surface area contributed by atoms with E-state index in [9.17, 15) is 9.59 Å². The number of carbonyl (C=O) groups is 1. The average molecular weight is 326 g/mol. The van der Waals surface area contributed by atoms with Gasteiger partial charge in [-0.05, 0) is 50.5 Å². The largest absolute Gasteiger partial charge is 0.334 e. The quantitative estimate of drug-likeness (QED) is 0.899. The van der Waals surface area contributed by atoms with Crippen molar-refractivity contribution in [2.45, 2.75) is 38.3 Å². The van der Waals surface area contributed by atoms with Crippen molar-refractivity contribution in [3.63, 3.8) is 0 Å². The molecule has 3 N–H and O–H groups in total. The number of carbonyl (C=O) groups excluding carboxylic acids is 1. The highest BCUT2D eigenvalue weighted by atomic mass is 16.2. The summed E-state index contributed by atoms with van der Waals surface area (Å²) in [6.07, 6.45) is 6.22. The minimum Gasteiger partial charge on any atom is -0.334 e. The first-order chi connectivity index (χ1) is 11.6. The van der Waals surface area contributed by atoms with Crippen molar-refractivity contribution in [2.75, 3.05) is 6.54 Å². The standard InChI is InChI=1S/C18H22N4O2/c1-12(19)16-4-2-3-11-22(16)18(24)14-5-6-15(21-17(14)23)13-7-9-20-10-8-13/h5-10,12,16H,2-4,11,19H2,1H3,(H,21,23)/t12-,16-/m1/s1. The van der Waals surface area contributed by atoms with Gasteiger partial charge in [0.1, 0.15) is 5.56 Å². The lowest BCUT2D eigenvalue weighted by molar-refractivity contribution is 0.0582. The van der Waals surface area contributed by atoms with Crippen molar-refractivity contribution >= 4 is 5.91 Å². The first-order valence-electron chi connectivity index (χ1n) is 8.28. The van der Waals surface area contributed by atoms with Crippen molar-refractivity contribution in [1.82, 2.24) is 14.9 Å². The Balaban J connectivity index is 1.89. The highest BCUT2D eigenvalue weighted by Crippen LogP contribution is 2.21. The smallest absolute Gasteiger partial charge is 0.261 e. The molecule has 1 amide bonds. The molecule has 0 unspecified atom stereocenters. The molecule has 6 nitrogen and oxygen atoms in total. The Morgan fingerprint density at radius 2 is 2.04 bits per heavy atom. The van der Waals surface area contributed by atoms with Crippen LogP contribution in [-0.2, 0) is 0 Å². The normalized spacial score (nSPS) is 19.1. The molecular weight excluding hydrogens is 304 g/mol. The van der Waals surface area contributed by atoms with Gasteiger partial charge < -0.3 is 15.6 Å². The first-order valence-corrected chi connectivity index (χ1v) is 8.28. The summed E-state index contributed by atoms with van der Waals surface area (Å²) in [4.78, 5) is 33.8. The monoisotopic (exact) mass is 326 g/mol. The molecule has 2 aromatic rings. The number of aromatic nitrogens is 2. The number of nitrogens with zero attached hydrogens (tertiary/aromatic N) is 2. The number of H-pyrrole nitrogens is 1. The van der Waals surface area contributed by atoms with E-state index in [0.717, 1.165) is 24.8 Å². The molecule has 1 saturated heterocycles. The molecule has 24 heavy (non-hydrogen) atoms. The molecule has 3 heterocycles. The molecule has 6 heteroatoms. The summed E-state index contributed by atoms with van der Waals surface area (Å²) in [5.74, 6) is -0.237. The maximum Gasteiger partial charge on any atom is 0.261 e. The van der Waals surface area contributed by atoms with Gasteiger partial charge in [-0.3, -0.25) is 14.6 Å². The van der Waals surface area contributed by atoms with Gasteiger partial charge >= 0.3 is 0 Å². The Bertz CT molecular complexity index is 770. The maximum atomic E-state index is 12.8. The van der Waals surface area contributed by atoms with Crippen molar-refractivity contribution in [3.05, 3.63) is 52.6 Å². The van der Waals surface area contributed by atoms with Crippen LogP contribution in [0.4, 0.5) is 0 Å². The lowest BCUT2D eigenvalue weighted by atomic mass is 9.96. The van der Waals surface area contributed by atoms with Crippen molar-refractivity contribution < 1.29 is 4.79 Å². The topological polar surface area (TPSA) is 92.1 Å². The molecule has 0 radical (unpaired) electrons. The number of aromatic amines is 1. The van der Waals surface area contributed by atoms with Crippen LogP contribution in [-0.4, -0.2) is 39.4 Å². The van der Waals surface area contributed by atoms with Gasteiger partial charge in [0.2, 0.25) is 0 Å². The van der Waals surface area contributed by atoms with Gasteiger partial charge in [0.05, 0.1) is 0 Å². The zero-order valence-electron chi connectivity index (χ0n) is 13.7. The van der Waals surface area contributed by atoms with Gasteiger partial charge in [0.25, 0.3) is 11.5 Å². The van der Waals surface area contributed by atoms with Crippen molar-refractivity contribution in [2.24, 2.45) is 5.73 Å². The fraction of sp³-hybridized carbons (Fsp3) is 0.389. The SMILES string of the molecule is C[C@@H](N)[C@H]1CCCCN1C(=O)c1ccc(-c2ccncc2)[nH]c1=O. The number of likely N-dealkylation sites (tertiary alicyclic amines) is 1. The van der Waals surface area contributed by atoms with Crippen LogP contribution in [0.3, 0.4) is 0 Å². The number of piperidine rings is 1. The number of rotatable bonds is 3. The molecule has 3 rings (SSSR count). The molecule has 1 aliphatic rings. The van der Waals surface area contributed by atoms with Crippen LogP contribution in [0.15, 0.2) is 41.5 Å². The van der Waals surface area contributed by atoms with E-state index in [1.54, 1.807) is 29.4 Å². The van der Waals surface area contributed by atoms with Crippen LogP contribution >= 0.6 is 0 Å². The second-order valence-electron chi connectivity index (χ2n) is 6.27. The molecule has 2 aromatic heterocycles. The van der Waals surface area contributed by atoms with Crippen LogP contribution in [0.5, 0.6) is 0 Å². The summed E-state index contributed by atoms with van der Waals surface area (Å²) in [7, 11) is 0. The first kappa shape index (κ1) is 16.4. The van der Waals surface area contributed by atoms with E-state index < -0.39 is 0 Å². The van der Waals surface area contributed by atoms with Crippen LogP contribution in [0, 0.1) is 0 Å². The molecule has 1 aliphatic heterocycles. The number of amides is 1. The summed E-state index contributed by atoms with van der Waals surface area (Å²) in [6, 6.07) is 6.86. The van der Waals surface area contributed by atoms with E-state index in [-0.39, 0.29) is 29.1 Å². The van der Waals surface area contributed by atoms with Gasteiger partial charge in [-0.1, -0.05) is 0 Å². The third-order valence-electron chi connectivity index (χ3n) is 4.55. The predicted molar refractivity (Wildman–Crippen MR) is 92.6 cm³/mol. The number of nitrogens with one attached hydrogen (secondary N) is 1. The Labute approximate surface area is 140 Å². The van der Waals surface area contributed by atoms with Crippen LogP contribution in [0.2, 0.25) is 0 Å². The molecule has 1 fully saturated rings. The number of pyridine rings is 2. The fourth-order valence-electron chi connectivity index (χ4n) is 3.25. The third kappa shape index (κ3) is 3.23. The third-order valence-corrected chi connectivity index (χ3v) is 4.55. The number of hydrogen-bond acceptors (Lipinski definition) is 4. The zero-order valence-corrected chi connectivity index (χ0v) is 13.7. The summed E-state index contributed by atoms with van der Waals surface area (Å²) in [6.45, 7) is 2.56. The molecule has 0 aliphatic carbocycles. The van der Waals surface area contributed by atoms with Crippen molar-refractivity contribution in [3.8, 4) is 11.3 Å². The minimum absolute atomic E-state index is 0.00877.